The number of aromatic nitrogens is 4. The van der Waals surface area contributed by atoms with Crippen molar-refractivity contribution < 1.29 is 9.52 Å². The first-order valence-corrected chi connectivity index (χ1v) is 8.67. The zero-order chi connectivity index (χ0) is 17.2. The van der Waals surface area contributed by atoms with Gasteiger partial charge >= 0.3 is 0 Å². The predicted octanol–water partition coefficient (Wildman–Crippen LogP) is 2.35. The van der Waals surface area contributed by atoms with Crippen molar-refractivity contribution in [1.29, 1.82) is 0 Å². The smallest absolute Gasteiger partial charge is 0.152 e. The van der Waals surface area contributed by atoms with Crippen molar-refractivity contribution >= 4 is 0 Å². The lowest BCUT2D eigenvalue weighted by Gasteiger charge is -2.34. The van der Waals surface area contributed by atoms with Crippen LogP contribution in [0.1, 0.15) is 30.5 Å². The van der Waals surface area contributed by atoms with E-state index in [1.54, 1.807) is 12.4 Å². The summed E-state index contributed by atoms with van der Waals surface area (Å²) in [6.07, 6.45) is 6.88. The quantitative estimate of drug-likeness (QED) is 0.744. The van der Waals surface area contributed by atoms with E-state index in [1.807, 2.05) is 36.0 Å². The second-order valence-corrected chi connectivity index (χ2v) is 6.71. The molecule has 1 fully saturated rings. The third-order valence-corrected chi connectivity index (χ3v) is 4.92. The predicted molar refractivity (Wildman–Crippen MR) is 92.5 cm³/mol. The van der Waals surface area contributed by atoms with Gasteiger partial charge in [-0.2, -0.15) is 5.10 Å². The molecule has 1 aliphatic heterocycles. The van der Waals surface area contributed by atoms with Crippen molar-refractivity contribution in [2.24, 2.45) is 13.0 Å². The number of aliphatic hydroxyl groups excluding tert-OH is 1. The largest absolute Gasteiger partial charge is 0.458 e. The van der Waals surface area contributed by atoms with Gasteiger partial charge in [-0.15, -0.1) is 0 Å². The molecule has 7 heteroatoms. The minimum absolute atomic E-state index is 0.192. The van der Waals surface area contributed by atoms with E-state index in [1.165, 1.54) is 0 Å². The van der Waals surface area contributed by atoms with Crippen LogP contribution in [0.25, 0.3) is 11.5 Å². The Kier molecular flexibility index (Phi) is 4.42. The maximum atomic E-state index is 10.7. The monoisotopic (exact) mass is 341 g/mol. The molecule has 1 saturated heterocycles. The van der Waals surface area contributed by atoms with Crippen LogP contribution in [0.2, 0.25) is 0 Å². The molecule has 132 valence electrons. The van der Waals surface area contributed by atoms with Gasteiger partial charge in [0.05, 0.1) is 6.54 Å². The first kappa shape index (κ1) is 16.1. The highest BCUT2D eigenvalue weighted by molar-refractivity contribution is 5.51. The maximum absolute atomic E-state index is 10.7. The molecule has 1 aliphatic rings. The number of piperidine rings is 1. The number of aryl methyl sites for hydroxylation is 1. The second kappa shape index (κ2) is 6.85. The van der Waals surface area contributed by atoms with E-state index >= 15 is 0 Å². The number of H-pyrrole nitrogens is 1. The Labute approximate surface area is 146 Å². The average molecular weight is 341 g/mol. The molecular weight excluding hydrogens is 318 g/mol. The van der Waals surface area contributed by atoms with Crippen molar-refractivity contribution in [3.63, 3.8) is 0 Å². The summed E-state index contributed by atoms with van der Waals surface area (Å²) in [6, 6.07) is 5.87. The summed E-state index contributed by atoms with van der Waals surface area (Å²) in [5.74, 6) is 2.66. The molecule has 25 heavy (non-hydrogen) atoms. The van der Waals surface area contributed by atoms with E-state index in [4.69, 9.17) is 4.42 Å². The van der Waals surface area contributed by atoms with Gasteiger partial charge in [0, 0.05) is 38.1 Å². The molecule has 0 amide bonds. The van der Waals surface area contributed by atoms with Gasteiger partial charge in [-0.3, -0.25) is 10.00 Å². The standard InChI is InChI=1S/C18H23N5O2/c1-22-10-8-19-18(22)17(24)13-3-2-9-23(11-13)12-14-4-5-16(25-14)15-6-7-20-21-15/h4-8,10,13,17,24H,2-3,9,11-12H2,1H3,(H,20,21)/t13-,17-/m0/s1. The van der Waals surface area contributed by atoms with E-state index in [2.05, 4.69) is 20.1 Å². The van der Waals surface area contributed by atoms with E-state index in [9.17, 15) is 5.11 Å². The molecule has 2 atom stereocenters. The zero-order valence-electron chi connectivity index (χ0n) is 14.3. The number of aliphatic hydroxyl groups is 1. The lowest BCUT2D eigenvalue weighted by molar-refractivity contribution is 0.0384. The fourth-order valence-corrected chi connectivity index (χ4v) is 3.59. The van der Waals surface area contributed by atoms with Gasteiger partial charge in [-0.1, -0.05) is 0 Å². The van der Waals surface area contributed by atoms with Gasteiger partial charge in [-0.25, -0.2) is 4.98 Å². The summed E-state index contributed by atoms with van der Waals surface area (Å²) in [5.41, 5.74) is 0.882. The summed E-state index contributed by atoms with van der Waals surface area (Å²) in [5, 5.41) is 17.6. The number of likely N-dealkylation sites (tertiary alicyclic amines) is 1. The van der Waals surface area contributed by atoms with Crippen LogP contribution in [0.15, 0.2) is 41.2 Å². The van der Waals surface area contributed by atoms with Gasteiger partial charge in [0.15, 0.2) is 5.76 Å². The van der Waals surface area contributed by atoms with Crippen molar-refractivity contribution in [1.82, 2.24) is 24.6 Å². The fourth-order valence-electron chi connectivity index (χ4n) is 3.59. The number of nitrogens with one attached hydrogen (secondary N) is 1. The number of nitrogens with zero attached hydrogens (tertiary/aromatic N) is 4. The molecular formula is C18H23N5O2. The van der Waals surface area contributed by atoms with Crippen molar-refractivity contribution in [2.75, 3.05) is 13.1 Å². The second-order valence-electron chi connectivity index (χ2n) is 6.71. The van der Waals surface area contributed by atoms with Crippen LogP contribution >= 0.6 is 0 Å². The van der Waals surface area contributed by atoms with Crippen LogP contribution < -0.4 is 0 Å². The van der Waals surface area contributed by atoms with Gasteiger partial charge < -0.3 is 14.1 Å². The van der Waals surface area contributed by atoms with Gasteiger partial charge in [0.1, 0.15) is 23.4 Å². The molecule has 0 saturated carbocycles. The van der Waals surface area contributed by atoms with Crippen LogP contribution in [-0.4, -0.2) is 42.8 Å². The molecule has 2 N–H and O–H groups in total. The number of hydrogen-bond acceptors (Lipinski definition) is 5. The van der Waals surface area contributed by atoms with Crippen molar-refractivity contribution in [3.05, 3.63) is 48.4 Å². The Hall–Kier alpha value is -2.38. The van der Waals surface area contributed by atoms with Gasteiger partial charge in [0.25, 0.3) is 0 Å². The van der Waals surface area contributed by atoms with E-state index in [0.29, 0.717) is 0 Å². The molecule has 0 radical (unpaired) electrons. The molecule has 0 bridgehead atoms. The summed E-state index contributed by atoms with van der Waals surface area (Å²) >= 11 is 0. The van der Waals surface area contributed by atoms with Crippen molar-refractivity contribution in [2.45, 2.75) is 25.5 Å². The minimum Gasteiger partial charge on any atom is -0.458 e. The molecule has 3 aromatic rings. The molecule has 0 spiro atoms. The summed E-state index contributed by atoms with van der Waals surface area (Å²) in [4.78, 5) is 6.64. The van der Waals surface area contributed by atoms with E-state index in [-0.39, 0.29) is 5.92 Å². The number of rotatable bonds is 5. The molecule has 7 nitrogen and oxygen atoms in total. The third-order valence-electron chi connectivity index (χ3n) is 4.92. The van der Waals surface area contributed by atoms with Crippen molar-refractivity contribution in [3.8, 4) is 11.5 Å². The topological polar surface area (TPSA) is 83.1 Å². The Bertz CT molecular complexity index is 807. The summed E-state index contributed by atoms with van der Waals surface area (Å²) in [7, 11) is 1.92. The minimum atomic E-state index is -0.528. The highest BCUT2D eigenvalue weighted by atomic mass is 16.3. The first-order valence-electron chi connectivity index (χ1n) is 8.67. The van der Waals surface area contributed by atoms with E-state index < -0.39 is 6.10 Å². The number of imidazole rings is 1. The molecule has 4 heterocycles. The van der Waals surface area contributed by atoms with Crippen LogP contribution in [0.4, 0.5) is 0 Å². The normalized spacial score (nSPS) is 20.0. The van der Waals surface area contributed by atoms with Crippen LogP contribution in [0.5, 0.6) is 0 Å². The Morgan fingerprint density at radius 3 is 3.04 bits per heavy atom. The molecule has 4 rings (SSSR count). The molecule has 0 aromatic carbocycles. The zero-order valence-corrected chi connectivity index (χ0v) is 14.3. The first-order chi connectivity index (χ1) is 12.2. The Morgan fingerprint density at radius 1 is 1.36 bits per heavy atom. The Morgan fingerprint density at radius 2 is 2.28 bits per heavy atom. The lowest BCUT2D eigenvalue weighted by Crippen LogP contribution is -2.37. The maximum Gasteiger partial charge on any atom is 0.152 e. The SMILES string of the molecule is Cn1ccnc1[C@@H](O)[C@H]1CCCN(Cc2ccc(-c3ccn[nH]3)o2)C1. The molecule has 3 aromatic heterocycles. The van der Waals surface area contributed by atoms with Crippen LogP contribution in [0.3, 0.4) is 0 Å². The highest BCUT2D eigenvalue weighted by Gasteiger charge is 2.29. The fraction of sp³-hybridized carbons (Fsp3) is 0.444. The van der Waals surface area contributed by atoms with Crippen LogP contribution in [-0.2, 0) is 13.6 Å². The third kappa shape index (κ3) is 3.38. The molecule has 0 unspecified atom stereocenters. The number of hydrogen-bond donors (Lipinski definition) is 2. The highest BCUT2D eigenvalue weighted by Crippen LogP contribution is 2.30. The Balaban J connectivity index is 1.41. The number of furan rings is 1. The van der Waals surface area contributed by atoms with Gasteiger partial charge in [-0.05, 0) is 37.6 Å². The van der Waals surface area contributed by atoms with E-state index in [0.717, 1.165) is 55.5 Å². The van der Waals surface area contributed by atoms with Crippen LogP contribution in [0, 0.1) is 5.92 Å². The number of aromatic amines is 1. The summed E-state index contributed by atoms with van der Waals surface area (Å²) in [6.45, 7) is 2.61. The summed E-state index contributed by atoms with van der Waals surface area (Å²) < 4.78 is 7.82. The average Bonchev–Trinajstić information content (AvgIpc) is 3.35. The van der Waals surface area contributed by atoms with Gasteiger partial charge in [0.2, 0.25) is 0 Å². The molecule has 0 aliphatic carbocycles. The lowest BCUT2D eigenvalue weighted by atomic mass is 9.92.